The van der Waals surface area contributed by atoms with Crippen molar-refractivity contribution in [2.24, 2.45) is 16.7 Å². The summed E-state index contributed by atoms with van der Waals surface area (Å²) in [5, 5.41) is 39.5. The van der Waals surface area contributed by atoms with Crippen LogP contribution >= 0.6 is 0 Å². The number of aromatic nitrogens is 4. The van der Waals surface area contributed by atoms with Crippen molar-refractivity contribution >= 4 is 35.2 Å². The number of phenols is 1. The number of piperazine rings is 1. The summed E-state index contributed by atoms with van der Waals surface area (Å²) in [6, 6.07) is 16.0. The van der Waals surface area contributed by atoms with Crippen LogP contribution < -0.4 is 25.8 Å². The zero-order chi connectivity index (χ0) is 49.4. The van der Waals surface area contributed by atoms with Gasteiger partial charge in [0.2, 0.25) is 23.7 Å². The van der Waals surface area contributed by atoms with E-state index in [1.54, 1.807) is 19.1 Å². The maximum absolute atomic E-state index is 14.3. The van der Waals surface area contributed by atoms with E-state index in [4.69, 9.17) is 9.97 Å². The number of anilines is 3. The number of nitrogens with one attached hydrogen (secondary N) is 3. The molecule has 6 aliphatic rings. The Hall–Kier alpha value is -6.31. The summed E-state index contributed by atoms with van der Waals surface area (Å²) < 4.78 is 0. The predicted molar refractivity (Wildman–Crippen MR) is 272 cm³/mol. The van der Waals surface area contributed by atoms with Gasteiger partial charge in [-0.15, -0.1) is 16.1 Å². The van der Waals surface area contributed by atoms with Crippen LogP contribution in [0.15, 0.2) is 67.0 Å². The Kier molecular flexibility index (Phi) is 13.7. The molecule has 16 heteroatoms. The molecule has 0 bridgehead atoms. The van der Waals surface area contributed by atoms with Gasteiger partial charge < -0.3 is 45.8 Å². The second kappa shape index (κ2) is 20.1. The van der Waals surface area contributed by atoms with Crippen LogP contribution in [0.5, 0.6) is 5.75 Å². The molecular weight excluding hydrogens is 895 g/mol. The van der Waals surface area contributed by atoms with Crippen LogP contribution in [0, 0.1) is 28.6 Å². The average Bonchev–Trinajstić information content (AvgIpc) is 3.78. The molecule has 2 saturated carbocycles. The number of amides is 3. The van der Waals surface area contributed by atoms with Crippen molar-refractivity contribution in [3.05, 3.63) is 83.7 Å². The number of aliphatic hydroxyl groups excluding tert-OH is 1. The Morgan fingerprint density at radius 1 is 0.901 bits per heavy atom. The molecule has 3 saturated heterocycles. The van der Waals surface area contributed by atoms with Gasteiger partial charge in [0.15, 0.2) is 5.82 Å². The standard InChI is InChI=1S/C55H69N11O5/c1-5-8-35-11-13-36(14-12-35)29-57-51(70)46-25-42(67)34-66(46)52(71)48(54(2,3)4)60-50(69)38-15-19-55(20-16-38)27-40(28-55)63-21-17-37(18-22-63)39-30-58-53(59-31-39)64-23-24-65-41(33-64)32-56-49-45(65)26-44(61-62-49)43-9-6-7-10-47(43)68/h6-7,9-14,26,30-31,37-38,40-42,46,48,67-68H,15-25,27-29,32-34H2,1-4H3,(H,56,62)(H,57,70)(H,60,69)/t38-,40-,41-,42+,46-,48+,55?/m0/s1. The number of carbonyl (C=O) groups excluding carboxylic acids is 3. The largest absolute Gasteiger partial charge is 0.507 e. The van der Waals surface area contributed by atoms with Gasteiger partial charge in [-0.2, -0.15) is 0 Å². The van der Waals surface area contributed by atoms with Crippen molar-refractivity contribution in [2.45, 2.75) is 128 Å². The highest BCUT2D eigenvalue weighted by Crippen LogP contribution is 2.55. The normalized spacial score (nSPS) is 26.0. The zero-order valence-corrected chi connectivity index (χ0v) is 41.6. The van der Waals surface area contributed by atoms with E-state index in [0.29, 0.717) is 29.8 Å². The molecule has 2 aromatic heterocycles. The summed E-state index contributed by atoms with van der Waals surface area (Å²) in [4.78, 5) is 60.3. The molecule has 5 N–H and O–H groups in total. The molecule has 71 heavy (non-hydrogen) atoms. The monoisotopic (exact) mass is 964 g/mol. The maximum Gasteiger partial charge on any atom is 0.246 e. The number of likely N-dealkylation sites (tertiary alicyclic amines) is 2. The van der Waals surface area contributed by atoms with E-state index in [1.807, 2.05) is 75.6 Å². The van der Waals surface area contributed by atoms with Gasteiger partial charge in [0.05, 0.1) is 23.5 Å². The fraction of sp³-hybridized carbons (Fsp3) is 0.545. The molecule has 10 rings (SSSR count). The lowest BCUT2D eigenvalue weighted by Crippen LogP contribution is -2.59. The lowest BCUT2D eigenvalue weighted by Gasteiger charge is -2.55. The van der Waals surface area contributed by atoms with Gasteiger partial charge in [-0.1, -0.05) is 51.0 Å². The molecule has 0 unspecified atom stereocenters. The number of benzene rings is 2. The third kappa shape index (κ3) is 10.3. The summed E-state index contributed by atoms with van der Waals surface area (Å²) in [7, 11) is 0. The van der Waals surface area contributed by atoms with E-state index in [1.165, 1.54) is 23.3 Å². The maximum atomic E-state index is 14.3. The minimum absolute atomic E-state index is 0.0492. The minimum atomic E-state index is -0.835. The summed E-state index contributed by atoms with van der Waals surface area (Å²) in [6.45, 7) is 13.2. The average molecular weight is 964 g/mol. The van der Waals surface area contributed by atoms with E-state index in [-0.39, 0.29) is 53.8 Å². The van der Waals surface area contributed by atoms with E-state index in [0.717, 1.165) is 106 Å². The van der Waals surface area contributed by atoms with Crippen LogP contribution in [0.4, 0.5) is 17.5 Å². The number of para-hydroxylation sites is 1. The highest BCUT2D eigenvalue weighted by atomic mass is 16.3. The number of rotatable bonds is 10. The van der Waals surface area contributed by atoms with E-state index >= 15 is 0 Å². The second-order valence-corrected chi connectivity index (χ2v) is 22.1. The smallest absolute Gasteiger partial charge is 0.246 e. The predicted octanol–water partition coefficient (Wildman–Crippen LogP) is 5.46. The van der Waals surface area contributed by atoms with Crippen molar-refractivity contribution in [3.63, 3.8) is 0 Å². The number of phenolic OH excluding ortho intramolecular Hbond substituents is 1. The molecule has 4 atom stereocenters. The van der Waals surface area contributed by atoms with Crippen molar-refractivity contribution in [1.29, 1.82) is 0 Å². The number of nitrogens with zero attached hydrogens (tertiary/aromatic N) is 8. The van der Waals surface area contributed by atoms with E-state index < -0.39 is 23.6 Å². The van der Waals surface area contributed by atoms with Gasteiger partial charge in [-0.3, -0.25) is 14.4 Å². The highest BCUT2D eigenvalue weighted by molar-refractivity contribution is 5.93. The van der Waals surface area contributed by atoms with Crippen LogP contribution in [-0.4, -0.2) is 134 Å². The van der Waals surface area contributed by atoms with Crippen molar-refractivity contribution in [3.8, 4) is 28.8 Å². The topological polar surface area (TPSA) is 192 Å². The molecule has 2 aromatic carbocycles. The molecule has 6 heterocycles. The van der Waals surface area contributed by atoms with Crippen molar-refractivity contribution < 1.29 is 24.6 Å². The van der Waals surface area contributed by atoms with Gasteiger partial charge in [0.25, 0.3) is 0 Å². The zero-order valence-electron chi connectivity index (χ0n) is 41.6. The third-order valence-electron chi connectivity index (χ3n) is 16.4. The molecule has 1 spiro atoms. The quantitative estimate of drug-likeness (QED) is 0.126. The first-order chi connectivity index (χ1) is 34.2. The molecule has 0 radical (unpaired) electrons. The lowest BCUT2D eigenvalue weighted by molar-refractivity contribution is -0.145. The van der Waals surface area contributed by atoms with Crippen LogP contribution in [0.1, 0.15) is 108 Å². The van der Waals surface area contributed by atoms with Gasteiger partial charge in [-0.25, -0.2) is 9.97 Å². The summed E-state index contributed by atoms with van der Waals surface area (Å²) in [6.07, 6.45) is 11.6. The van der Waals surface area contributed by atoms with Crippen molar-refractivity contribution in [1.82, 2.24) is 40.6 Å². The minimum Gasteiger partial charge on any atom is -0.507 e. The summed E-state index contributed by atoms with van der Waals surface area (Å²) in [5.41, 5.74) is 5.01. The fourth-order valence-electron chi connectivity index (χ4n) is 12.2. The van der Waals surface area contributed by atoms with Crippen LogP contribution in [0.3, 0.4) is 0 Å². The van der Waals surface area contributed by atoms with Gasteiger partial charge in [-0.05, 0) is 130 Å². The fourth-order valence-corrected chi connectivity index (χ4v) is 12.2. The number of aromatic hydroxyl groups is 1. The first-order valence-corrected chi connectivity index (χ1v) is 25.8. The highest BCUT2D eigenvalue weighted by Gasteiger charge is 2.50. The molecule has 4 aromatic rings. The first kappa shape index (κ1) is 48.3. The first-order valence-electron chi connectivity index (χ1n) is 25.8. The molecule has 2 aliphatic carbocycles. The number of carbonyl (C=O) groups is 3. The number of fused-ring (bicyclic) bond motifs is 3. The Morgan fingerprint density at radius 2 is 1.63 bits per heavy atom. The summed E-state index contributed by atoms with van der Waals surface area (Å²) >= 11 is 0. The van der Waals surface area contributed by atoms with E-state index in [2.05, 4.69) is 52.7 Å². The molecule has 5 fully saturated rings. The molecule has 374 valence electrons. The van der Waals surface area contributed by atoms with Gasteiger partial charge in [0, 0.05) is 81.2 Å². The molecular formula is C55H69N11O5. The molecule has 3 amide bonds. The number of β-amino-alcohol motifs (C(OH)–C–C–N with tert-alkyl or cyclic N) is 1. The SMILES string of the molecule is CC#Cc1ccc(CNC(=O)[C@@H]2C[C@@H](O)CN2C(=O)[C@@H](NC(=O)[C@H]2CCC3(CC2)C[C@H](N2CCC(c4cnc(N5CCN6c7cc(-c8ccccc8O)nnc7NC[C@H]6C5)nc4)CC2)C3)C(C)(C)C)cc1. The number of piperidine rings is 1. The number of aliphatic hydroxyl groups is 1. The molecule has 4 aliphatic heterocycles. The van der Waals surface area contributed by atoms with Crippen LogP contribution in [0.25, 0.3) is 11.3 Å². The third-order valence-corrected chi connectivity index (χ3v) is 16.4. The Morgan fingerprint density at radius 3 is 2.34 bits per heavy atom. The van der Waals surface area contributed by atoms with E-state index in [9.17, 15) is 24.6 Å². The Bertz CT molecular complexity index is 2640. The lowest BCUT2D eigenvalue weighted by atomic mass is 9.56. The summed E-state index contributed by atoms with van der Waals surface area (Å²) in [5.74, 6) is 7.16. The molecule has 16 nitrogen and oxygen atoms in total. The van der Waals surface area contributed by atoms with Crippen LogP contribution in [-0.2, 0) is 20.9 Å². The van der Waals surface area contributed by atoms with Crippen LogP contribution in [0.2, 0.25) is 0 Å². The van der Waals surface area contributed by atoms with Crippen molar-refractivity contribution in [2.75, 3.05) is 60.9 Å². The van der Waals surface area contributed by atoms with Gasteiger partial charge >= 0.3 is 0 Å². The Labute approximate surface area is 417 Å². The second-order valence-electron chi connectivity index (χ2n) is 22.1. The Balaban J connectivity index is 0.666. The number of hydrogen-bond donors (Lipinski definition) is 5. The van der Waals surface area contributed by atoms with Gasteiger partial charge in [0.1, 0.15) is 17.8 Å². The number of hydrogen-bond acceptors (Lipinski definition) is 13.